The number of rotatable bonds is 3. The Morgan fingerprint density at radius 3 is 3.13 bits per heavy atom. The number of hydrogen-bond acceptors (Lipinski definition) is 4. The Hall–Kier alpha value is -2.11. The minimum absolute atomic E-state index is 0.176. The number of carbonyl (C=O) groups excluding carboxylic acids is 1. The van der Waals surface area contributed by atoms with Crippen molar-refractivity contribution in [3.63, 3.8) is 0 Å². The van der Waals surface area contributed by atoms with E-state index in [-0.39, 0.29) is 12.3 Å². The molecule has 2 aromatic heterocycles. The summed E-state index contributed by atoms with van der Waals surface area (Å²) in [7, 11) is 1.68. The molecule has 0 aliphatic rings. The molecule has 0 bridgehead atoms. The van der Waals surface area contributed by atoms with Crippen molar-refractivity contribution >= 4 is 11.7 Å². The molecule has 0 spiro atoms. The fourth-order valence-electron chi connectivity index (χ4n) is 1.16. The van der Waals surface area contributed by atoms with E-state index >= 15 is 0 Å². The number of aromatic nitrogens is 3. The van der Waals surface area contributed by atoms with E-state index in [1.807, 2.05) is 0 Å². The van der Waals surface area contributed by atoms with Gasteiger partial charge in [0.15, 0.2) is 5.82 Å². The van der Waals surface area contributed by atoms with Crippen molar-refractivity contribution in [3.8, 4) is 0 Å². The Balaban J connectivity index is 1.93. The average Bonchev–Trinajstić information content (AvgIpc) is 2.77. The van der Waals surface area contributed by atoms with Gasteiger partial charge in [-0.15, -0.1) is 5.10 Å². The molecule has 2 rings (SSSR count). The molecule has 1 amide bonds. The highest BCUT2D eigenvalue weighted by molar-refractivity contribution is 5.90. The Kier molecular flexibility index (Phi) is 2.49. The zero-order chi connectivity index (χ0) is 10.7. The highest BCUT2D eigenvalue weighted by atomic mass is 16.3. The van der Waals surface area contributed by atoms with Gasteiger partial charge in [0.05, 0.1) is 18.9 Å². The standard InChI is InChI=1S/C9H10N4O2/c1-13-10-6-8(12-13)11-9(14)5-7-3-2-4-15-7/h2-4,6H,5H2,1H3,(H,11,12,14). The van der Waals surface area contributed by atoms with Crippen LogP contribution in [-0.2, 0) is 18.3 Å². The smallest absolute Gasteiger partial charge is 0.233 e. The summed E-state index contributed by atoms with van der Waals surface area (Å²) >= 11 is 0. The predicted molar refractivity (Wildman–Crippen MR) is 52.0 cm³/mol. The quantitative estimate of drug-likeness (QED) is 0.797. The lowest BCUT2D eigenvalue weighted by atomic mass is 10.3. The van der Waals surface area contributed by atoms with Gasteiger partial charge in [0.1, 0.15) is 5.76 Å². The van der Waals surface area contributed by atoms with Gasteiger partial charge in [0.25, 0.3) is 0 Å². The minimum atomic E-state index is -0.176. The van der Waals surface area contributed by atoms with Crippen LogP contribution in [0.2, 0.25) is 0 Å². The van der Waals surface area contributed by atoms with E-state index in [0.717, 1.165) is 0 Å². The van der Waals surface area contributed by atoms with Crippen molar-refractivity contribution in [1.82, 2.24) is 15.0 Å². The molecule has 0 saturated heterocycles. The Morgan fingerprint density at radius 1 is 1.67 bits per heavy atom. The monoisotopic (exact) mass is 206 g/mol. The summed E-state index contributed by atoms with van der Waals surface area (Å²) in [5, 5.41) is 10.4. The number of hydrogen-bond donors (Lipinski definition) is 1. The molecule has 0 aliphatic carbocycles. The predicted octanol–water partition coefficient (Wildman–Crippen LogP) is 0.589. The summed E-state index contributed by atoms with van der Waals surface area (Å²) in [5.74, 6) is 0.885. The van der Waals surface area contributed by atoms with Gasteiger partial charge < -0.3 is 9.73 Å². The van der Waals surface area contributed by atoms with Crippen LogP contribution < -0.4 is 5.32 Å². The molecule has 78 valence electrons. The SMILES string of the molecule is Cn1ncc(NC(=O)Cc2ccco2)n1. The van der Waals surface area contributed by atoms with Gasteiger partial charge in [-0.3, -0.25) is 4.79 Å². The number of carbonyl (C=O) groups is 1. The second kappa shape index (κ2) is 3.95. The van der Waals surface area contributed by atoms with Crippen LogP contribution in [0, 0.1) is 0 Å². The molecule has 0 unspecified atom stereocenters. The van der Waals surface area contributed by atoms with Crippen molar-refractivity contribution in [1.29, 1.82) is 0 Å². The van der Waals surface area contributed by atoms with Gasteiger partial charge in [0, 0.05) is 7.05 Å². The van der Waals surface area contributed by atoms with Crippen LogP contribution in [0.15, 0.2) is 29.0 Å². The van der Waals surface area contributed by atoms with E-state index in [1.54, 1.807) is 19.2 Å². The molecule has 2 heterocycles. The molecule has 0 aromatic carbocycles. The lowest BCUT2D eigenvalue weighted by Gasteiger charge is -1.98. The van der Waals surface area contributed by atoms with E-state index in [1.165, 1.54) is 17.3 Å². The highest BCUT2D eigenvalue weighted by Crippen LogP contribution is 2.03. The molecule has 0 radical (unpaired) electrons. The molecular formula is C9H10N4O2. The Morgan fingerprint density at radius 2 is 2.53 bits per heavy atom. The summed E-state index contributed by atoms with van der Waals surface area (Å²) in [6.45, 7) is 0. The molecule has 0 atom stereocenters. The highest BCUT2D eigenvalue weighted by Gasteiger charge is 2.07. The second-order valence-corrected chi connectivity index (χ2v) is 3.02. The Bertz CT molecular complexity index is 446. The summed E-state index contributed by atoms with van der Waals surface area (Å²) < 4.78 is 5.04. The molecule has 0 saturated carbocycles. The van der Waals surface area contributed by atoms with E-state index in [4.69, 9.17) is 4.42 Å². The largest absolute Gasteiger partial charge is 0.469 e. The normalized spacial score (nSPS) is 10.2. The molecule has 1 N–H and O–H groups in total. The molecule has 0 fully saturated rings. The van der Waals surface area contributed by atoms with E-state index in [9.17, 15) is 4.79 Å². The van der Waals surface area contributed by atoms with Gasteiger partial charge >= 0.3 is 0 Å². The van der Waals surface area contributed by atoms with Crippen molar-refractivity contribution < 1.29 is 9.21 Å². The van der Waals surface area contributed by atoms with Crippen molar-refractivity contribution in [2.45, 2.75) is 6.42 Å². The van der Waals surface area contributed by atoms with Crippen molar-refractivity contribution in [2.75, 3.05) is 5.32 Å². The topological polar surface area (TPSA) is 73.0 Å². The number of aryl methyl sites for hydroxylation is 1. The third-order valence-corrected chi connectivity index (χ3v) is 1.78. The maximum absolute atomic E-state index is 11.4. The summed E-state index contributed by atoms with van der Waals surface area (Å²) in [6, 6.07) is 3.49. The maximum atomic E-state index is 11.4. The number of amides is 1. The molecule has 15 heavy (non-hydrogen) atoms. The molecule has 0 aliphatic heterocycles. The molecule has 2 aromatic rings. The first-order valence-corrected chi connectivity index (χ1v) is 4.42. The summed E-state index contributed by atoms with van der Waals surface area (Å²) in [4.78, 5) is 12.8. The van der Waals surface area contributed by atoms with Gasteiger partial charge in [-0.2, -0.15) is 9.90 Å². The zero-order valence-corrected chi connectivity index (χ0v) is 8.17. The third kappa shape index (κ3) is 2.43. The van der Waals surface area contributed by atoms with Gasteiger partial charge in [0.2, 0.25) is 5.91 Å². The van der Waals surface area contributed by atoms with E-state index < -0.39 is 0 Å². The number of furan rings is 1. The maximum Gasteiger partial charge on any atom is 0.233 e. The van der Waals surface area contributed by atoms with Crippen LogP contribution in [0.5, 0.6) is 0 Å². The summed E-state index contributed by atoms with van der Waals surface area (Å²) in [6.07, 6.45) is 3.22. The van der Waals surface area contributed by atoms with E-state index in [2.05, 4.69) is 15.5 Å². The Labute approximate surface area is 85.9 Å². The first kappa shape index (κ1) is 9.45. The third-order valence-electron chi connectivity index (χ3n) is 1.78. The van der Waals surface area contributed by atoms with Crippen LogP contribution in [0.1, 0.15) is 5.76 Å². The lowest BCUT2D eigenvalue weighted by molar-refractivity contribution is -0.115. The molecule has 6 nitrogen and oxygen atoms in total. The van der Waals surface area contributed by atoms with Crippen LogP contribution in [0.3, 0.4) is 0 Å². The van der Waals surface area contributed by atoms with Crippen LogP contribution in [-0.4, -0.2) is 20.9 Å². The fraction of sp³-hybridized carbons (Fsp3) is 0.222. The fourth-order valence-corrected chi connectivity index (χ4v) is 1.16. The first-order chi connectivity index (χ1) is 7.24. The van der Waals surface area contributed by atoms with Crippen LogP contribution in [0.25, 0.3) is 0 Å². The molecular weight excluding hydrogens is 196 g/mol. The first-order valence-electron chi connectivity index (χ1n) is 4.42. The minimum Gasteiger partial charge on any atom is -0.469 e. The average molecular weight is 206 g/mol. The van der Waals surface area contributed by atoms with Crippen LogP contribution in [0.4, 0.5) is 5.82 Å². The number of nitrogens with one attached hydrogen (secondary N) is 1. The number of nitrogens with zero attached hydrogens (tertiary/aromatic N) is 3. The van der Waals surface area contributed by atoms with Crippen molar-refractivity contribution in [2.24, 2.45) is 7.05 Å². The zero-order valence-electron chi connectivity index (χ0n) is 8.17. The summed E-state index contributed by atoms with van der Waals surface area (Å²) in [5.41, 5.74) is 0. The molecule has 6 heteroatoms. The second-order valence-electron chi connectivity index (χ2n) is 3.02. The lowest BCUT2D eigenvalue weighted by Crippen LogP contribution is -2.14. The van der Waals surface area contributed by atoms with Crippen LogP contribution >= 0.6 is 0 Å². The van der Waals surface area contributed by atoms with Gasteiger partial charge in [-0.05, 0) is 12.1 Å². The van der Waals surface area contributed by atoms with Gasteiger partial charge in [-0.1, -0.05) is 0 Å². The number of anilines is 1. The van der Waals surface area contributed by atoms with Crippen molar-refractivity contribution in [3.05, 3.63) is 30.4 Å². The van der Waals surface area contributed by atoms with Gasteiger partial charge in [-0.25, -0.2) is 0 Å². The van der Waals surface area contributed by atoms with E-state index in [0.29, 0.717) is 11.6 Å².